The van der Waals surface area contributed by atoms with Crippen molar-refractivity contribution in [2.75, 3.05) is 7.05 Å². The summed E-state index contributed by atoms with van der Waals surface area (Å²) >= 11 is 0. The topological polar surface area (TPSA) is 101 Å². The van der Waals surface area contributed by atoms with Gasteiger partial charge >= 0.3 is 5.97 Å². The van der Waals surface area contributed by atoms with Crippen molar-refractivity contribution in [1.82, 2.24) is 4.90 Å². The number of ether oxygens (including phenoxy) is 1. The maximum Gasteiger partial charge on any atom is 0.338 e. The van der Waals surface area contributed by atoms with E-state index in [1.54, 1.807) is 57.2 Å². The first-order chi connectivity index (χ1) is 14.2. The van der Waals surface area contributed by atoms with E-state index in [0.29, 0.717) is 28.2 Å². The predicted molar refractivity (Wildman–Crippen MR) is 109 cm³/mol. The summed E-state index contributed by atoms with van der Waals surface area (Å²) in [4.78, 5) is 37.6. The van der Waals surface area contributed by atoms with Crippen LogP contribution < -0.4 is 0 Å². The van der Waals surface area contributed by atoms with E-state index in [2.05, 4.69) is 0 Å². The van der Waals surface area contributed by atoms with E-state index in [0.717, 1.165) is 4.90 Å². The van der Waals surface area contributed by atoms with Gasteiger partial charge in [0.15, 0.2) is 0 Å². The second kappa shape index (κ2) is 8.21. The molecule has 0 unspecified atom stereocenters. The van der Waals surface area contributed by atoms with Crippen molar-refractivity contribution in [2.24, 2.45) is 0 Å². The number of imide groups is 1. The van der Waals surface area contributed by atoms with Gasteiger partial charge in [-0.3, -0.25) is 14.5 Å². The maximum atomic E-state index is 12.5. The SMILES string of the molecule is CC1=C(C#N)C(=O)N(C)C(=O)C1=Cc1ccc(-c2cccc(C(=O)OC(C)C)c2)o1. The Morgan fingerprint density at radius 1 is 1.20 bits per heavy atom. The van der Waals surface area contributed by atoms with E-state index in [4.69, 9.17) is 9.15 Å². The molecule has 152 valence electrons. The number of benzene rings is 1. The number of carbonyl (C=O) groups is 3. The Morgan fingerprint density at radius 3 is 2.60 bits per heavy atom. The first-order valence-corrected chi connectivity index (χ1v) is 9.29. The van der Waals surface area contributed by atoms with Gasteiger partial charge < -0.3 is 9.15 Å². The van der Waals surface area contributed by atoms with E-state index < -0.39 is 17.8 Å². The van der Waals surface area contributed by atoms with Crippen LogP contribution in [-0.4, -0.2) is 35.8 Å². The molecule has 30 heavy (non-hydrogen) atoms. The molecule has 2 aromatic rings. The van der Waals surface area contributed by atoms with Crippen LogP contribution in [0.25, 0.3) is 17.4 Å². The van der Waals surface area contributed by atoms with E-state index >= 15 is 0 Å². The molecule has 0 N–H and O–H groups in total. The van der Waals surface area contributed by atoms with Crippen molar-refractivity contribution in [2.45, 2.75) is 26.9 Å². The molecule has 1 aliphatic heterocycles. The molecule has 0 spiro atoms. The number of nitriles is 1. The van der Waals surface area contributed by atoms with E-state index in [1.807, 2.05) is 6.07 Å². The lowest BCUT2D eigenvalue weighted by atomic mass is 9.95. The zero-order valence-corrected chi connectivity index (χ0v) is 17.1. The van der Waals surface area contributed by atoms with Gasteiger partial charge in [-0.1, -0.05) is 12.1 Å². The van der Waals surface area contributed by atoms with Crippen molar-refractivity contribution >= 4 is 23.9 Å². The minimum Gasteiger partial charge on any atom is -0.459 e. The van der Waals surface area contributed by atoms with Crippen molar-refractivity contribution in [3.8, 4) is 17.4 Å². The summed E-state index contributed by atoms with van der Waals surface area (Å²) in [5, 5.41) is 9.24. The number of carbonyl (C=O) groups excluding carboxylic acids is 3. The maximum absolute atomic E-state index is 12.5. The Bertz CT molecular complexity index is 1140. The lowest BCUT2D eigenvalue weighted by Crippen LogP contribution is -2.39. The summed E-state index contributed by atoms with van der Waals surface area (Å²) in [7, 11) is 1.33. The lowest BCUT2D eigenvalue weighted by molar-refractivity contribution is -0.138. The summed E-state index contributed by atoms with van der Waals surface area (Å²) in [5.74, 6) is -0.680. The van der Waals surface area contributed by atoms with Crippen LogP contribution in [0.5, 0.6) is 0 Å². The molecule has 7 nitrogen and oxygen atoms in total. The largest absolute Gasteiger partial charge is 0.459 e. The van der Waals surface area contributed by atoms with Gasteiger partial charge in [-0.15, -0.1) is 0 Å². The summed E-state index contributed by atoms with van der Waals surface area (Å²) in [6.45, 7) is 5.11. The highest BCUT2D eigenvalue weighted by molar-refractivity contribution is 6.19. The molecule has 0 radical (unpaired) electrons. The fraction of sp³-hybridized carbons (Fsp3) is 0.217. The average Bonchev–Trinajstić information content (AvgIpc) is 3.18. The van der Waals surface area contributed by atoms with Crippen LogP contribution in [-0.2, 0) is 14.3 Å². The van der Waals surface area contributed by atoms with E-state index in [9.17, 15) is 19.6 Å². The Hall–Kier alpha value is -3.92. The van der Waals surface area contributed by atoms with Crippen molar-refractivity contribution in [3.05, 3.63) is 64.4 Å². The lowest BCUT2D eigenvalue weighted by Gasteiger charge is -2.23. The third kappa shape index (κ3) is 3.94. The fourth-order valence-electron chi connectivity index (χ4n) is 3.01. The monoisotopic (exact) mass is 404 g/mol. The molecule has 0 aliphatic carbocycles. The Labute approximate surface area is 173 Å². The molecule has 3 rings (SSSR count). The zero-order chi connectivity index (χ0) is 22.0. The van der Waals surface area contributed by atoms with Gasteiger partial charge in [0.25, 0.3) is 11.8 Å². The molecule has 7 heteroatoms. The van der Waals surface area contributed by atoms with Gasteiger partial charge in [0.2, 0.25) is 0 Å². The van der Waals surface area contributed by atoms with Crippen LogP contribution in [0.4, 0.5) is 0 Å². The molecule has 1 aliphatic rings. The molecule has 0 atom stereocenters. The standard InChI is InChI=1S/C23H20N2O5/c1-13(2)29-23(28)16-7-5-6-15(10-16)20-9-8-17(30-20)11-18-14(3)19(12-24)22(27)25(4)21(18)26/h5-11,13H,1-4H3. The molecule has 0 saturated heterocycles. The van der Waals surface area contributed by atoms with Crippen molar-refractivity contribution < 1.29 is 23.5 Å². The van der Waals surface area contributed by atoms with Crippen LogP contribution in [0.3, 0.4) is 0 Å². The summed E-state index contributed by atoms with van der Waals surface area (Å²) in [5.41, 5.74) is 1.51. The highest BCUT2D eigenvalue weighted by Gasteiger charge is 2.33. The molecule has 0 saturated carbocycles. The van der Waals surface area contributed by atoms with Gasteiger partial charge in [0, 0.05) is 18.2 Å². The normalized spacial score (nSPS) is 15.7. The fourth-order valence-corrected chi connectivity index (χ4v) is 3.01. The summed E-state index contributed by atoms with van der Waals surface area (Å²) in [6.07, 6.45) is 1.27. The third-order valence-corrected chi connectivity index (χ3v) is 4.58. The van der Waals surface area contributed by atoms with Gasteiger partial charge in [0.05, 0.1) is 11.7 Å². The number of rotatable bonds is 4. The van der Waals surface area contributed by atoms with Crippen LogP contribution in [0.2, 0.25) is 0 Å². The Kier molecular flexibility index (Phi) is 5.70. The molecule has 2 heterocycles. The number of likely N-dealkylation sites (N-methyl/N-ethyl adjacent to an activating group) is 1. The molecule has 1 aromatic heterocycles. The number of hydrogen-bond acceptors (Lipinski definition) is 6. The first kappa shape index (κ1) is 20.8. The second-order valence-electron chi connectivity index (χ2n) is 7.08. The molecule has 0 bridgehead atoms. The molecular formula is C23H20N2O5. The number of esters is 1. The van der Waals surface area contributed by atoms with Gasteiger partial charge in [-0.2, -0.15) is 5.26 Å². The first-order valence-electron chi connectivity index (χ1n) is 9.29. The highest BCUT2D eigenvalue weighted by atomic mass is 16.5. The zero-order valence-electron chi connectivity index (χ0n) is 17.1. The van der Waals surface area contributed by atoms with Gasteiger partial charge in [-0.05, 0) is 56.7 Å². The van der Waals surface area contributed by atoms with Gasteiger partial charge in [-0.25, -0.2) is 4.79 Å². The number of nitrogens with zero attached hydrogens (tertiary/aromatic N) is 2. The number of amides is 2. The molecular weight excluding hydrogens is 384 g/mol. The molecule has 2 amide bonds. The van der Waals surface area contributed by atoms with Crippen molar-refractivity contribution in [1.29, 1.82) is 5.26 Å². The van der Waals surface area contributed by atoms with E-state index in [1.165, 1.54) is 13.1 Å². The van der Waals surface area contributed by atoms with Crippen molar-refractivity contribution in [3.63, 3.8) is 0 Å². The predicted octanol–water partition coefficient (Wildman–Crippen LogP) is 3.73. The third-order valence-electron chi connectivity index (χ3n) is 4.58. The molecule has 1 aromatic carbocycles. The Morgan fingerprint density at radius 2 is 1.93 bits per heavy atom. The summed E-state index contributed by atoms with van der Waals surface area (Å²) < 4.78 is 11.0. The quantitative estimate of drug-likeness (QED) is 0.437. The summed E-state index contributed by atoms with van der Waals surface area (Å²) in [6, 6.07) is 12.1. The Balaban J connectivity index is 1.95. The van der Waals surface area contributed by atoms with E-state index in [-0.39, 0.29) is 17.3 Å². The minimum atomic E-state index is -0.623. The second-order valence-corrected chi connectivity index (χ2v) is 7.08. The van der Waals surface area contributed by atoms with Gasteiger partial charge in [0.1, 0.15) is 23.2 Å². The molecule has 0 fully saturated rings. The number of furan rings is 1. The van der Waals surface area contributed by atoms with Crippen LogP contribution in [0, 0.1) is 11.3 Å². The van der Waals surface area contributed by atoms with Crippen LogP contribution in [0.1, 0.15) is 36.9 Å². The highest BCUT2D eigenvalue weighted by Crippen LogP contribution is 2.29. The van der Waals surface area contributed by atoms with Crippen LogP contribution in [0.15, 0.2) is 57.5 Å². The number of hydrogen-bond donors (Lipinski definition) is 0. The van der Waals surface area contributed by atoms with Crippen LogP contribution >= 0.6 is 0 Å². The smallest absolute Gasteiger partial charge is 0.338 e. The minimum absolute atomic E-state index is 0.0773. The average molecular weight is 404 g/mol.